The van der Waals surface area contributed by atoms with Crippen molar-refractivity contribution < 1.29 is 9.90 Å². The van der Waals surface area contributed by atoms with Gasteiger partial charge in [-0.2, -0.15) is 5.26 Å². The van der Waals surface area contributed by atoms with Crippen molar-refractivity contribution in [1.29, 1.82) is 5.26 Å². The zero-order chi connectivity index (χ0) is 12.6. The number of hydrogen-bond donors (Lipinski definition) is 3. The molecule has 3 N–H and O–H groups in total. The van der Waals surface area contributed by atoms with E-state index in [0.29, 0.717) is 13.0 Å². The largest absolute Gasteiger partial charge is 0.396 e. The third-order valence-corrected chi connectivity index (χ3v) is 1.79. The molecule has 0 bridgehead atoms. The van der Waals surface area contributed by atoms with Crippen LogP contribution in [0.2, 0.25) is 0 Å². The monoisotopic (exact) mass is 227 g/mol. The standard InChI is InChI=1S/C11H21N3O2/c1-11(2,3)14-10(16)7-9(8-12)13-5-4-6-15/h9,13,15H,4-7H2,1-3H3,(H,14,16). The summed E-state index contributed by atoms with van der Waals surface area (Å²) in [6.07, 6.45) is 0.721. The number of nitrogens with zero attached hydrogens (tertiary/aromatic N) is 1. The molecule has 0 fully saturated rings. The fourth-order valence-electron chi connectivity index (χ4n) is 1.17. The van der Waals surface area contributed by atoms with Gasteiger partial charge in [0.25, 0.3) is 0 Å². The molecular weight excluding hydrogens is 206 g/mol. The van der Waals surface area contributed by atoms with Gasteiger partial charge in [0.15, 0.2) is 0 Å². The molecule has 0 rings (SSSR count). The van der Waals surface area contributed by atoms with Crippen LogP contribution in [0.5, 0.6) is 0 Å². The number of carbonyl (C=O) groups is 1. The van der Waals surface area contributed by atoms with Crippen LogP contribution < -0.4 is 10.6 Å². The van der Waals surface area contributed by atoms with Crippen LogP contribution in [0.25, 0.3) is 0 Å². The topological polar surface area (TPSA) is 85.2 Å². The maximum atomic E-state index is 11.5. The molecule has 0 radical (unpaired) electrons. The Morgan fingerprint density at radius 3 is 2.56 bits per heavy atom. The van der Waals surface area contributed by atoms with Gasteiger partial charge in [-0.05, 0) is 33.7 Å². The fraction of sp³-hybridized carbons (Fsp3) is 0.818. The van der Waals surface area contributed by atoms with Crippen LogP contribution >= 0.6 is 0 Å². The van der Waals surface area contributed by atoms with Gasteiger partial charge in [0.05, 0.1) is 12.5 Å². The van der Waals surface area contributed by atoms with Crippen LogP contribution in [0, 0.1) is 11.3 Å². The molecule has 1 amide bonds. The van der Waals surface area contributed by atoms with Crippen LogP contribution in [0.4, 0.5) is 0 Å². The molecule has 5 nitrogen and oxygen atoms in total. The molecule has 1 atom stereocenters. The van der Waals surface area contributed by atoms with Gasteiger partial charge in [-0.1, -0.05) is 0 Å². The van der Waals surface area contributed by atoms with E-state index >= 15 is 0 Å². The summed E-state index contributed by atoms with van der Waals surface area (Å²) in [7, 11) is 0. The molecule has 0 aromatic rings. The third kappa shape index (κ3) is 8.21. The molecule has 0 aliphatic carbocycles. The summed E-state index contributed by atoms with van der Waals surface area (Å²) < 4.78 is 0. The number of aliphatic hydroxyl groups excluding tert-OH is 1. The minimum absolute atomic E-state index is 0.0827. The smallest absolute Gasteiger partial charge is 0.223 e. The molecule has 0 heterocycles. The van der Waals surface area contributed by atoms with Gasteiger partial charge in [-0.25, -0.2) is 0 Å². The van der Waals surface area contributed by atoms with Crippen molar-refractivity contribution in [2.24, 2.45) is 0 Å². The highest BCUT2D eigenvalue weighted by molar-refractivity contribution is 5.77. The van der Waals surface area contributed by atoms with Crippen LogP contribution in [-0.2, 0) is 4.79 Å². The maximum Gasteiger partial charge on any atom is 0.223 e. The summed E-state index contributed by atoms with van der Waals surface area (Å²) in [6, 6.07) is 1.53. The van der Waals surface area contributed by atoms with Gasteiger partial charge in [0.1, 0.15) is 6.04 Å². The number of rotatable bonds is 6. The van der Waals surface area contributed by atoms with E-state index in [-0.39, 0.29) is 24.5 Å². The minimum atomic E-state index is -0.492. The Labute approximate surface area is 96.8 Å². The summed E-state index contributed by atoms with van der Waals surface area (Å²) in [5.41, 5.74) is -0.276. The highest BCUT2D eigenvalue weighted by Crippen LogP contribution is 2.00. The van der Waals surface area contributed by atoms with Gasteiger partial charge in [-0.15, -0.1) is 0 Å². The molecule has 92 valence electrons. The molecular formula is C11H21N3O2. The van der Waals surface area contributed by atoms with E-state index in [1.807, 2.05) is 26.8 Å². The first-order valence-corrected chi connectivity index (χ1v) is 5.44. The molecule has 0 saturated carbocycles. The molecule has 0 spiro atoms. The maximum absolute atomic E-state index is 11.5. The SMILES string of the molecule is CC(C)(C)NC(=O)CC(C#N)NCCCO. The average Bonchev–Trinajstić information content (AvgIpc) is 2.13. The van der Waals surface area contributed by atoms with Crippen molar-refractivity contribution in [2.75, 3.05) is 13.2 Å². The summed E-state index contributed by atoms with van der Waals surface area (Å²) in [4.78, 5) is 11.5. The Morgan fingerprint density at radius 1 is 1.50 bits per heavy atom. The van der Waals surface area contributed by atoms with E-state index in [9.17, 15) is 4.79 Å². The quantitative estimate of drug-likeness (QED) is 0.564. The van der Waals surface area contributed by atoms with Crippen molar-refractivity contribution in [3.05, 3.63) is 0 Å². The van der Waals surface area contributed by atoms with E-state index in [2.05, 4.69) is 10.6 Å². The summed E-state index contributed by atoms with van der Waals surface area (Å²) in [5.74, 6) is -0.143. The molecule has 0 aliphatic rings. The van der Waals surface area contributed by atoms with Crippen LogP contribution in [-0.4, -0.2) is 35.7 Å². The lowest BCUT2D eigenvalue weighted by atomic mass is 10.1. The van der Waals surface area contributed by atoms with Gasteiger partial charge >= 0.3 is 0 Å². The summed E-state index contributed by atoms with van der Waals surface area (Å²) in [5, 5.41) is 23.1. The van der Waals surface area contributed by atoms with Crippen molar-refractivity contribution >= 4 is 5.91 Å². The third-order valence-electron chi connectivity index (χ3n) is 1.79. The van der Waals surface area contributed by atoms with E-state index in [0.717, 1.165) is 0 Å². The first-order chi connectivity index (χ1) is 7.39. The molecule has 0 aliphatic heterocycles. The van der Waals surface area contributed by atoms with E-state index in [4.69, 9.17) is 10.4 Å². The molecule has 0 aromatic carbocycles. The number of nitrogens with one attached hydrogen (secondary N) is 2. The lowest BCUT2D eigenvalue weighted by Crippen LogP contribution is -2.43. The van der Waals surface area contributed by atoms with Crippen molar-refractivity contribution in [1.82, 2.24) is 10.6 Å². The first-order valence-electron chi connectivity index (χ1n) is 5.44. The average molecular weight is 227 g/mol. The zero-order valence-electron chi connectivity index (χ0n) is 10.2. The van der Waals surface area contributed by atoms with Crippen molar-refractivity contribution in [3.8, 4) is 6.07 Å². The predicted octanol–water partition coefficient (Wildman–Crippen LogP) is 0.155. The predicted molar refractivity (Wildman–Crippen MR) is 61.6 cm³/mol. The Morgan fingerprint density at radius 2 is 2.12 bits per heavy atom. The number of nitriles is 1. The highest BCUT2D eigenvalue weighted by Gasteiger charge is 2.17. The Balaban J connectivity index is 3.94. The highest BCUT2D eigenvalue weighted by atomic mass is 16.3. The van der Waals surface area contributed by atoms with E-state index in [1.165, 1.54) is 0 Å². The minimum Gasteiger partial charge on any atom is -0.396 e. The van der Waals surface area contributed by atoms with Gasteiger partial charge in [0.2, 0.25) is 5.91 Å². The summed E-state index contributed by atoms with van der Waals surface area (Å²) >= 11 is 0. The van der Waals surface area contributed by atoms with Crippen LogP contribution in [0.1, 0.15) is 33.6 Å². The zero-order valence-corrected chi connectivity index (χ0v) is 10.2. The molecule has 1 unspecified atom stereocenters. The lowest BCUT2D eigenvalue weighted by molar-refractivity contribution is -0.122. The Bertz CT molecular complexity index is 253. The Kier molecular flexibility index (Phi) is 6.70. The molecule has 16 heavy (non-hydrogen) atoms. The van der Waals surface area contributed by atoms with Gasteiger partial charge < -0.3 is 15.7 Å². The second-order valence-electron chi connectivity index (χ2n) is 4.72. The number of amides is 1. The number of carbonyl (C=O) groups excluding carboxylic acids is 1. The Hall–Kier alpha value is -1.12. The first kappa shape index (κ1) is 14.9. The summed E-state index contributed by atoms with van der Waals surface area (Å²) in [6.45, 7) is 6.30. The lowest BCUT2D eigenvalue weighted by Gasteiger charge is -2.21. The van der Waals surface area contributed by atoms with Crippen molar-refractivity contribution in [2.45, 2.75) is 45.2 Å². The second-order valence-corrected chi connectivity index (χ2v) is 4.72. The fourth-order valence-corrected chi connectivity index (χ4v) is 1.17. The van der Waals surface area contributed by atoms with E-state index in [1.54, 1.807) is 0 Å². The second kappa shape index (κ2) is 7.20. The molecule has 5 heteroatoms. The van der Waals surface area contributed by atoms with Gasteiger partial charge in [-0.3, -0.25) is 4.79 Å². The van der Waals surface area contributed by atoms with E-state index < -0.39 is 6.04 Å². The molecule has 0 saturated heterocycles. The number of hydrogen-bond acceptors (Lipinski definition) is 4. The normalized spacial score (nSPS) is 12.9. The number of aliphatic hydroxyl groups is 1. The van der Waals surface area contributed by atoms with Crippen LogP contribution in [0.15, 0.2) is 0 Å². The van der Waals surface area contributed by atoms with Crippen molar-refractivity contribution in [3.63, 3.8) is 0 Å². The van der Waals surface area contributed by atoms with Gasteiger partial charge in [0, 0.05) is 12.1 Å². The molecule has 0 aromatic heterocycles. The van der Waals surface area contributed by atoms with Crippen LogP contribution in [0.3, 0.4) is 0 Å².